The number of hydrogen-bond donors (Lipinski definition) is 1. The van der Waals surface area contributed by atoms with Gasteiger partial charge in [-0.1, -0.05) is 0 Å². The second-order valence-electron chi connectivity index (χ2n) is 8.46. The number of carbonyl (C=O) groups excluding carboxylic acids is 3. The minimum atomic E-state index is -0.867. The van der Waals surface area contributed by atoms with Crippen LogP contribution < -0.4 is 5.32 Å². The lowest BCUT2D eigenvalue weighted by Gasteiger charge is -2.39. The lowest BCUT2D eigenvalue weighted by Crippen LogP contribution is -2.53. The summed E-state index contributed by atoms with van der Waals surface area (Å²) in [6.45, 7) is 2.32. The van der Waals surface area contributed by atoms with Crippen LogP contribution in [0.15, 0.2) is 22.8 Å². The maximum absolute atomic E-state index is 13.2. The predicted octanol–water partition coefficient (Wildman–Crippen LogP) is 1.24. The quantitative estimate of drug-likeness (QED) is 0.759. The second-order valence-corrected chi connectivity index (χ2v) is 8.46. The molecule has 4 fully saturated rings. The number of ether oxygens (including phenoxy) is 2. The molecule has 4 heterocycles. The van der Waals surface area contributed by atoms with Crippen LogP contribution in [0.3, 0.4) is 0 Å². The summed E-state index contributed by atoms with van der Waals surface area (Å²) >= 11 is 0. The Hall–Kier alpha value is -2.39. The van der Waals surface area contributed by atoms with Crippen LogP contribution in [0.2, 0.25) is 0 Å². The van der Waals surface area contributed by atoms with Crippen molar-refractivity contribution in [3.05, 3.63) is 24.2 Å². The van der Waals surface area contributed by atoms with E-state index in [4.69, 9.17) is 13.9 Å². The summed E-state index contributed by atoms with van der Waals surface area (Å²) < 4.78 is 16.8. The smallest absolute Gasteiger partial charge is 0.325 e. The van der Waals surface area contributed by atoms with E-state index < -0.39 is 11.3 Å². The first-order valence-corrected chi connectivity index (χ1v) is 10.2. The summed E-state index contributed by atoms with van der Waals surface area (Å²) in [6, 6.07) is 3.25. The highest BCUT2D eigenvalue weighted by atomic mass is 16.7. The molecule has 1 N–H and O–H groups in total. The molecule has 1 aromatic rings. The van der Waals surface area contributed by atoms with Crippen LogP contribution in [-0.4, -0.2) is 65.3 Å². The third kappa shape index (κ3) is 3.22. The van der Waals surface area contributed by atoms with Crippen LogP contribution in [0.1, 0.15) is 37.9 Å². The molecule has 9 heteroatoms. The SMILES string of the molecule is O=C1CC(CN2C(=O)NC3(CCC4(CC3)OCCO4)C2=O)CN1Cc1ccco1. The zero-order chi connectivity index (χ0) is 20.1. The molecule has 1 saturated carbocycles. The molecule has 2 spiro atoms. The summed E-state index contributed by atoms with van der Waals surface area (Å²) in [6.07, 6.45) is 4.09. The fourth-order valence-electron chi connectivity index (χ4n) is 5.00. The molecule has 0 aromatic carbocycles. The first kappa shape index (κ1) is 18.6. The molecule has 4 amide bonds. The summed E-state index contributed by atoms with van der Waals surface area (Å²) in [7, 11) is 0. The van der Waals surface area contributed by atoms with Gasteiger partial charge >= 0.3 is 6.03 Å². The summed E-state index contributed by atoms with van der Waals surface area (Å²) in [5, 5.41) is 2.92. The molecule has 4 aliphatic rings. The normalized spacial score (nSPS) is 28.1. The van der Waals surface area contributed by atoms with Crippen molar-refractivity contribution in [1.82, 2.24) is 15.1 Å². The third-order valence-electron chi connectivity index (χ3n) is 6.59. The van der Waals surface area contributed by atoms with E-state index in [-0.39, 0.29) is 30.3 Å². The highest BCUT2D eigenvalue weighted by Gasteiger charge is 2.56. The average Bonchev–Trinajstić information content (AvgIpc) is 3.47. The number of imide groups is 1. The maximum atomic E-state index is 13.2. The highest BCUT2D eigenvalue weighted by Crippen LogP contribution is 2.43. The maximum Gasteiger partial charge on any atom is 0.325 e. The largest absolute Gasteiger partial charge is 0.467 e. The van der Waals surface area contributed by atoms with Gasteiger partial charge in [-0.2, -0.15) is 0 Å². The van der Waals surface area contributed by atoms with Gasteiger partial charge in [0.2, 0.25) is 5.91 Å². The van der Waals surface area contributed by atoms with Crippen molar-refractivity contribution >= 4 is 17.8 Å². The Kier molecular flexibility index (Phi) is 4.40. The standard InChI is InChI=1S/C20H25N3O6/c24-16-10-14(11-22(16)13-15-2-1-7-27-15)12-23-17(25)19(21-18(23)26)3-5-20(6-4-19)28-8-9-29-20/h1-2,7,14H,3-6,8-13H2,(H,21,26). The molecule has 1 aromatic heterocycles. The Morgan fingerprint density at radius 2 is 1.86 bits per heavy atom. The van der Waals surface area contributed by atoms with Crippen LogP contribution in [-0.2, 0) is 25.6 Å². The summed E-state index contributed by atoms with van der Waals surface area (Å²) in [4.78, 5) is 41.1. The van der Waals surface area contributed by atoms with Crippen molar-refractivity contribution in [3.63, 3.8) is 0 Å². The predicted molar refractivity (Wildman–Crippen MR) is 98.3 cm³/mol. The van der Waals surface area contributed by atoms with E-state index in [1.165, 1.54) is 4.90 Å². The van der Waals surface area contributed by atoms with Gasteiger partial charge in [-0.05, 0) is 25.0 Å². The number of carbonyl (C=O) groups is 3. The molecule has 0 bridgehead atoms. The van der Waals surface area contributed by atoms with Gasteiger partial charge in [0.1, 0.15) is 11.3 Å². The molecule has 1 aliphatic carbocycles. The van der Waals surface area contributed by atoms with Gasteiger partial charge in [0.25, 0.3) is 5.91 Å². The zero-order valence-electron chi connectivity index (χ0n) is 16.2. The summed E-state index contributed by atoms with van der Waals surface area (Å²) in [5.41, 5.74) is -0.867. The van der Waals surface area contributed by atoms with E-state index >= 15 is 0 Å². The van der Waals surface area contributed by atoms with Crippen molar-refractivity contribution < 1.29 is 28.3 Å². The van der Waals surface area contributed by atoms with E-state index in [9.17, 15) is 14.4 Å². The highest BCUT2D eigenvalue weighted by molar-refractivity contribution is 6.07. The number of amides is 4. The van der Waals surface area contributed by atoms with E-state index in [2.05, 4.69) is 5.32 Å². The van der Waals surface area contributed by atoms with Gasteiger partial charge < -0.3 is 24.1 Å². The van der Waals surface area contributed by atoms with Crippen molar-refractivity contribution in [3.8, 4) is 0 Å². The number of urea groups is 1. The molecule has 1 unspecified atom stereocenters. The fourth-order valence-corrected chi connectivity index (χ4v) is 5.00. The van der Waals surface area contributed by atoms with E-state index in [1.807, 2.05) is 6.07 Å². The second kappa shape index (κ2) is 6.84. The minimum absolute atomic E-state index is 0.0170. The number of hydrogen-bond acceptors (Lipinski definition) is 6. The van der Waals surface area contributed by atoms with Crippen LogP contribution in [0, 0.1) is 5.92 Å². The third-order valence-corrected chi connectivity index (χ3v) is 6.59. The van der Waals surface area contributed by atoms with Gasteiger partial charge in [0, 0.05) is 38.3 Å². The van der Waals surface area contributed by atoms with Crippen molar-refractivity contribution in [2.24, 2.45) is 5.92 Å². The molecule has 5 rings (SSSR count). The Bertz CT molecular complexity index is 806. The van der Waals surface area contributed by atoms with E-state index in [0.717, 1.165) is 5.76 Å². The number of rotatable bonds is 4. The Balaban J connectivity index is 1.21. The Morgan fingerprint density at radius 1 is 1.10 bits per heavy atom. The number of furan rings is 1. The molecular weight excluding hydrogens is 378 g/mol. The van der Waals surface area contributed by atoms with Crippen molar-refractivity contribution in [1.29, 1.82) is 0 Å². The van der Waals surface area contributed by atoms with E-state index in [0.29, 0.717) is 58.4 Å². The molecule has 156 valence electrons. The topological polar surface area (TPSA) is 101 Å². The lowest BCUT2D eigenvalue weighted by molar-refractivity contribution is -0.186. The molecule has 0 radical (unpaired) electrons. The molecule has 3 saturated heterocycles. The minimum Gasteiger partial charge on any atom is -0.467 e. The van der Waals surface area contributed by atoms with Gasteiger partial charge in [-0.3, -0.25) is 14.5 Å². The van der Waals surface area contributed by atoms with E-state index in [1.54, 1.807) is 17.2 Å². The zero-order valence-corrected chi connectivity index (χ0v) is 16.2. The summed E-state index contributed by atoms with van der Waals surface area (Å²) in [5.74, 6) is -0.108. The van der Waals surface area contributed by atoms with Crippen LogP contribution in [0.25, 0.3) is 0 Å². The fraction of sp³-hybridized carbons (Fsp3) is 0.650. The average molecular weight is 403 g/mol. The van der Waals surface area contributed by atoms with Crippen LogP contribution in [0.5, 0.6) is 0 Å². The number of nitrogens with one attached hydrogen (secondary N) is 1. The Morgan fingerprint density at radius 3 is 2.55 bits per heavy atom. The van der Waals surface area contributed by atoms with Crippen molar-refractivity contribution in [2.45, 2.75) is 50.0 Å². The first-order valence-electron chi connectivity index (χ1n) is 10.2. The first-order chi connectivity index (χ1) is 14.0. The van der Waals surface area contributed by atoms with Crippen LogP contribution >= 0.6 is 0 Å². The lowest BCUT2D eigenvalue weighted by atomic mass is 9.78. The van der Waals surface area contributed by atoms with Crippen molar-refractivity contribution in [2.75, 3.05) is 26.3 Å². The Labute approximate surface area is 168 Å². The molecule has 1 atom stereocenters. The van der Waals surface area contributed by atoms with Gasteiger partial charge in [-0.25, -0.2) is 4.79 Å². The molecule has 29 heavy (non-hydrogen) atoms. The van der Waals surface area contributed by atoms with Gasteiger partial charge in [0.15, 0.2) is 5.79 Å². The molecule has 9 nitrogen and oxygen atoms in total. The molecule has 3 aliphatic heterocycles. The van der Waals surface area contributed by atoms with Gasteiger partial charge in [0.05, 0.1) is 26.0 Å². The monoisotopic (exact) mass is 403 g/mol. The number of nitrogens with zero attached hydrogens (tertiary/aromatic N) is 2. The van der Waals surface area contributed by atoms with Crippen LogP contribution in [0.4, 0.5) is 4.79 Å². The van der Waals surface area contributed by atoms with Gasteiger partial charge in [-0.15, -0.1) is 0 Å². The molecular formula is C20H25N3O6. The number of likely N-dealkylation sites (tertiary alicyclic amines) is 1.